The number of alkyl halides is 1. The van der Waals surface area contributed by atoms with Gasteiger partial charge in [0.1, 0.15) is 29.5 Å². The van der Waals surface area contributed by atoms with Gasteiger partial charge in [0.15, 0.2) is 11.4 Å². The van der Waals surface area contributed by atoms with Gasteiger partial charge in [0.05, 0.1) is 5.56 Å². The quantitative estimate of drug-likeness (QED) is 0.352. The summed E-state index contributed by atoms with van der Waals surface area (Å²) in [5.74, 6) is -6.56. The standard InChI is InChI=1S/C29H29FN2O7/c1-32(9-8-30)13-14-2-4-15(5-3-14)18-6-7-20(33)23-19(18)11-16-10-17-12-21(34)24(28(31)38)27(37)29(17,39)26(36)22(16)25(23)35/h2-7,16-17,33,35,37,39H,8-13H2,1H3,(H2,31,38). The molecule has 9 nitrogen and oxygen atoms in total. The Balaban J connectivity index is 1.58. The minimum absolute atomic E-state index is 0.0476. The maximum absolute atomic E-state index is 13.6. The van der Waals surface area contributed by atoms with Crippen LogP contribution in [0.3, 0.4) is 0 Å². The molecule has 2 aromatic carbocycles. The topological polar surface area (TPSA) is 161 Å². The average molecular weight is 537 g/mol. The number of nitrogens with two attached hydrogens (primary N) is 1. The Kier molecular flexibility index (Phi) is 6.56. The van der Waals surface area contributed by atoms with E-state index < -0.39 is 58.7 Å². The molecule has 1 amide bonds. The normalized spacial score (nSPS) is 24.5. The number of aliphatic hydroxyl groups is 3. The number of carbonyl (C=O) groups excluding carboxylic acids is 3. The molecular formula is C29H29FN2O7. The minimum Gasteiger partial charge on any atom is -0.508 e. The first kappa shape index (κ1) is 26.6. The van der Waals surface area contributed by atoms with E-state index in [1.165, 1.54) is 6.07 Å². The van der Waals surface area contributed by atoms with Crippen LogP contribution >= 0.6 is 0 Å². The molecule has 0 aromatic heterocycles. The molecule has 1 saturated carbocycles. The lowest BCUT2D eigenvalue weighted by molar-refractivity contribution is -0.147. The summed E-state index contributed by atoms with van der Waals surface area (Å²) >= 11 is 0. The number of rotatable bonds is 6. The lowest BCUT2D eigenvalue weighted by atomic mass is 9.59. The number of fused-ring (bicyclic) bond motifs is 3. The number of phenols is 1. The molecule has 3 atom stereocenters. The molecule has 3 aliphatic carbocycles. The molecule has 0 radical (unpaired) electrons. The zero-order chi connectivity index (χ0) is 28.2. The molecule has 0 heterocycles. The molecule has 0 aliphatic heterocycles. The van der Waals surface area contributed by atoms with Gasteiger partial charge >= 0.3 is 0 Å². The Hall–Kier alpha value is -4.02. The summed E-state index contributed by atoms with van der Waals surface area (Å²) in [4.78, 5) is 39.8. The Morgan fingerprint density at radius 1 is 1.10 bits per heavy atom. The minimum atomic E-state index is -2.59. The van der Waals surface area contributed by atoms with Crippen LogP contribution in [0.5, 0.6) is 5.75 Å². The molecule has 0 bridgehead atoms. The number of phenolic OH excluding ortho intramolecular Hbond substituents is 1. The van der Waals surface area contributed by atoms with Crippen LogP contribution < -0.4 is 5.73 Å². The number of hydrogen-bond acceptors (Lipinski definition) is 8. The molecule has 39 heavy (non-hydrogen) atoms. The second-order valence-corrected chi connectivity index (χ2v) is 10.5. The van der Waals surface area contributed by atoms with E-state index in [2.05, 4.69) is 0 Å². The Morgan fingerprint density at radius 2 is 1.79 bits per heavy atom. The van der Waals surface area contributed by atoms with Crippen LogP contribution in [-0.4, -0.2) is 68.7 Å². The molecule has 3 unspecified atom stereocenters. The molecule has 204 valence electrons. The van der Waals surface area contributed by atoms with Crippen molar-refractivity contribution in [1.29, 1.82) is 0 Å². The van der Waals surface area contributed by atoms with Gasteiger partial charge in [-0.15, -0.1) is 0 Å². The SMILES string of the molecule is CN(CCF)Cc1ccc(-c2ccc(O)c3c2CC2CC4CC(=O)C(C(N)=O)=C(O)C4(O)C(=O)C2=C3O)cc1. The molecule has 0 saturated heterocycles. The lowest BCUT2D eigenvalue weighted by Gasteiger charge is -2.46. The summed E-state index contributed by atoms with van der Waals surface area (Å²) < 4.78 is 12.6. The lowest BCUT2D eigenvalue weighted by Crippen LogP contribution is -2.58. The molecule has 5 rings (SSSR count). The molecular weight excluding hydrogens is 507 g/mol. The number of aliphatic hydroxyl groups excluding tert-OH is 2. The smallest absolute Gasteiger partial charge is 0.255 e. The highest BCUT2D eigenvalue weighted by Gasteiger charge is 2.60. The van der Waals surface area contributed by atoms with Crippen molar-refractivity contribution in [2.45, 2.75) is 31.4 Å². The van der Waals surface area contributed by atoms with Crippen LogP contribution in [-0.2, 0) is 27.3 Å². The van der Waals surface area contributed by atoms with E-state index in [1.54, 1.807) is 6.07 Å². The highest BCUT2D eigenvalue weighted by Crippen LogP contribution is 2.53. The third-order valence-corrected chi connectivity index (χ3v) is 8.13. The van der Waals surface area contributed by atoms with Gasteiger partial charge in [-0.3, -0.25) is 19.3 Å². The Labute approximate surface area is 223 Å². The number of halogens is 1. The number of primary amides is 1. The predicted molar refractivity (Wildman–Crippen MR) is 139 cm³/mol. The van der Waals surface area contributed by atoms with Gasteiger partial charge in [-0.25, -0.2) is 4.39 Å². The third kappa shape index (κ3) is 4.11. The predicted octanol–water partition coefficient (Wildman–Crippen LogP) is 2.49. The third-order valence-electron chi connectivity index (χ3n) is 8.13. The Bertz CT molecular complexity index is 1460. The van der Waals surface area contributed by atoms with Gasteiger partial charge in [-0.2, -0.15) is 0 Å². The first-order chi connectivity index (χ1) is 18.5. The molecule has 6 N–H and O–H groups in total. The van der Waals surface area contributed by atoms with Crippen LogP contribution in [0.25, 0.3) is 16.9 Å². The van der Waals surface area contributed by atoms with Crippen molar-refractivity contribution in [3.05, 3.63) is 70.0 Å². The van der Waals surface area contributed by atoms with Gasteiger partial charge < -0.3 is 26.2 Å². The molecule has 1 fully saturated rings. The monoisotopic (exact) mass is 536 g/mol. The van der Waals surface area contributed by atoms with E-state index >= 15 is 0 Å². The highest BCUT2D eigenvalue weighted by atomic mass is 19.1. The molecule has 3 aliphatic rings. The van der Waals surface area contributed by atoms with Gasteiger partial charge in [0.2, 0.25) is 5.78 Å². The summed E-state index contributed by atoms with van der Waals surface area (Å²) in [6.07, 6.45) is -0.0792. The number of nitrogens with zero attached hydrogens (tertiary/aromatic N) is 1. The number of aromatic hydroxyl groups is 1. The van der Waals surface area contributed by atoms with Crippen LogP contribution in [0.4, 0.5) is 4.39 Å². The van der Waals surface area contributed by atoms with Crippen molar-refractivity contribution in [3.8, 4) is 16.9 Å². The number of amides is 1. The van der Waals surface area contributed by atoms with Crippen LogP contribution in [0.15, 0.2) is 53.3 Å². The van der Waals surface area contributed by atoms with Crippen LogP contribution in [0.2, 0.25) is 0 Å². The summed E-state index contributed by atoms with van der Waals surface area (Å²) in [5.41, 5.74) is 4.80. The zero-order valence-corrected chi connectivity index (χ0v) is 21.3. The van der Waals surface area contributed by atoms with Crippen molar-refractivity contribution in [3.63, 3.8) is 0 Å². The van der Waals surface area contributed by atoms with Crippen molar-refractivity contribution in [2.75, 3.05) is 20.3 Å². The second-order valence-electron chi connectivity index (χ2n) is 10.5. The summed E-state index contributed by atoms with van der Waals surface area (Å²) in [7, 11) is 1.83. The van der Waals surface area contributed by atoms with Crippen molar-refractivity contribution in [2.24, 2.45) is 17.6 Å². The fraction of sp³-hybridized carbons (Fsp3) is 0.345. The maximum atomic E-state index is 13.6. The fourth-order valence-electron chi connectivity index (χ4n) is 6.22. The summed E-state index contributed by atoms with van der Waals surface area (Å²) in [6, 6.07) is 10.7. The first-order valence-electron chi connectivity index (χ1n) is 12.6. The summed E-state index contributed by atoms with van der Waals surface area (Å²) in [5, 5.41) is 44.0. The van der Waals surface area contributed by atoms with Crippen molar-refractivity contribution in [1.82, 2.24) is 4.90 Å². The number of ketones is 2. The highest BCUT2D eigenvalue weighted by molar-refractivity contribution is 6.22. The van der Waals surface area contributed by atoms with Crippen molar-refractivity contribution < 1.29 is 39.2 Å². The maximum Gasteiger partial charge on any atom is 0.255 e. The van der Waals surface area contributed by atoms with Gasteiger partial charge in [-0.05, 0) is 54.1 Å². The molecule has 2 aromatic rings. The van der Waals surface area contributed by atoms with E-state index in [-0.39, 0.29) is 36.1 Å². The first-order valence-corrected chi connectivity index (χ1v) is 12.6. The average Bonchev–Trinajstić information content (AvgIpc) is 2.87. The largest absolute Gasteiger partial charge is 0.508 e. The van der Waals surface area contributed by atoms with E-state index in [0.717, 1.165) is 16.7 Å². The second kappa shape index (κ2) is 9.62. The molecule has 10 heteroatoms. The number of benzene rings is 2. The van der Waals surface area contributed by atoms with Crippen LogP contribution in [0.1, 0.15) is 29.5 Å². The number of Topliss-reactive ketones (excluding diaryl/α,β-unsaturated/α-hetero) is 2. The zero-order valence-electron chi connectivity index (χ0n) is 21.3. The molecule has 0 spiro atoms. The van der Waals surface area contributed by atoms with E-state index in [1.807, 2.05) is 36.2 Å². The van der Waals surface area contributed by atoms with Gasteiger partial charge in [-0.1, -0.05) is 30.3 Å². The van der Waals surface area contributed by atoms with Crippen molar-refractivity contribution >= 4 is 23.2 Å². The van der Waals surface area contributed by atoms with Crippen LogP contribution in [0, 0.1) is 11.8 Å². The Morgan fingerprint density at radius 3 is 2.44 bits per heavy atom. The number of carbonyl (C=O) groups is 3. The van der Waals surface area contributed by atoms with E-state index in [4.69, 9.17) is 5.73 Å². The van der Waals surface area contributed by atoms with E-state index in [0.29, 0.717) is 18.7 Å². The fourth-order valence-corrected chi connectivity index (χ4v) is 6.22. The van der Waals surface area contributed by atoms with E-state index in [9.17, 15) is 39.2 Å². The number of hydrogen-bond donors (Lipinski definition) is 5. The summed E-state index contributed by atoms with van der Waals surface area (Å²) in [6.45, 7) is 0.447. The van der Waals surface area contributed by atoms with Gasteiger partial charge in [0, 0.05) is 31.0 Å². The van der Waals surface area contributed by atoms with Gasteiger partial charge in [0.25, 0.3) is 5.91 Å².